The number of carbonyl (C=O) groups is 3. The van der Waals surface area contributed by atoms with E-state index >= 15 is 0 Å². The van der Waals surface area contributed by atoms with Crippen molar-refractivity contribution >= 4 is 29.3 Å². The summed E-state index contributed by atoms with van der Waals surface area (Å²) >= 11 is 5.13. The Morgan fingerprint density at radius 2 is 1.75 bits per heavy atom. The van der Waals surface area contributed by atoms with Crippen LogP contribution in [0.3, 0.4) is 0 Å². The molecule has 0 bridgehead atoms. The SMILES string of the molecule is O=C(O)C(=O)/C=C\C(Cl)C(=O)O. The van der Waals surface area contributed by atoms with Crippen LogP contribution < -0.4 is 0 Å². The zero-order chi connectivity index (χ0) is 9.72. The molecule has 1 atom stereocenters. The molecule has 0 saturated heterocycles. The minimum absolute atomic E-state index is 0.605. The van der Waals surface area contributed by atoms with Crippen LogP contribution in [-0.4, -0.2) is 33.3 Å². The highest BCUT2D eigenvalue weighted by molar-refractivity contribution is 6.38. The number of alkyl halides is 1. The van der Waals surface area contributed by atoms with Crippen molar-refractivity contribution in [3.63, 3.8) is 0 Å². The average molecular weight is 193 g/mol. The molecule has 0 aliphatic heterocycles. The van der Waals surface area contributed by atoms with Gasteiger partial charge in [-0.3, -0.25) is 9.59 Å². The highest BCUT2D eigenvalue weighted by Gasteiger charge is 2.11. The Morgan fingerprint density at radius 1 is 1.25 bits per heavy atom. The van der Waals surface area contributed by atoms with Crippen LogP contribution >= 0.6 is 11.6 Å². The van der Waals surface area contributed by atoms with Crippen LogP contribution in [-0.2, 0) is 14.4 Å². The standard InChI is InChI=1S/C6H5ClO5/c7-3(5(9)10)1-2-4(8)6(11)12/h1-3H,(H,9,10)(H,11,12)/b2-1-. The van der Waals surface area contributed by atoms with Crippen molar-refractivity contribution in [3.05, 3.63) is 12.2 Å². The Morgan fingerprint density at radius 3 is 2.08 bits per heavy atom. The van der Waals surface area contributed by atoms with E-state index in [1.165, 1.54) is 0 Å². The summed E-state index contributed by atoms with van der Waals surface area (Å²) in [6, 6.07) is 0. The van der Waals surface area contributed by atoms with Gasteiger partial charge < -0.3 is 10.2 Å². The Kier molecular flexibility index (Phi) is 3.99. The number of carboxylic acid groups (broad SMARTS) is 2. The quantitative estimate of drug-likeness (QED) is 0.368. The molecule has 0 amide bonds. The molecule has 0 heterocycles. The van der Waals surface area contributed by atoms with E-state index in [9.17, 15) is 14.4 Å². The van der Waals surface area contributed by atoms with E-state index in [0.717, 1.165) is 6.08 Å². The molecule has 0 saturated carbocycles. The van der Waals surface area contributed by atoms with Crippen LogP contribution in [0.15, 0.2) is 12.2 Å². The fourth-order valence-corrected chi connectivity index (χ4v) is 0.398. The van der Waals surface area contributed by atoms with E-state index < -0.39 is 23.1 Å². The minimum atomic E-state index is -1.65. The number of carbonyl (C=O) groups excluding carboxylic acids is 1. The maximum atomic E-state index is 10.3. The van der Waals surface area contributed by atoms with Crippen LogP contribution in [0.5, 0.6) is 0 Å². The number of hydrogen-bond acceptors (Lipinski definition) is 3. The van der Waals surface area contributed by atoms with E-state index in [-0.39, 0.29) is 0 Å². The van der Waals surface area contributed by atoms with Gasteiger partial charge in [-0.25, -0.2) is 4.79 Å². The van der Waals surface area contributed by atoms with E-state index in [4.69, 9.17) is 21.8 Å². The van der Waals surface area contributed by atoms with E-state index in [2.05, 4.69) is 0 Å². The number of rotatable bonds is 4. The second kappa shape index (κ2) is 4.50. The van der Waals surface area contributed by atoms with Crippen molar-refractivity contribution in [3.8, 4) is 0 Å². The van der Waals surface area contributed by atoms with Crippen LogP contribution in [0.1, 0.15) is 0 Å². The molecular formula is C6H5ClO5. The van der Waals surface area contributed by atoms with Gasteiger partial charge in [-0.2, -0.15) is 0 Å². The van der Waals surface area contributed by atoms with Gasteiger partial charge in [0.25, 0.3) is 5.78 Å². The summed E-state index contributed by atoms with van der Waals surface area (Å²) in [5.74, 6) is -4.20. The van der Waals surface area contributed by atoms with Gasteiger partial charge in [0.2, 0.25) is 0 Å². The molecular weight excluding hydrogens is 188 g/mol. The highest BCUT2D eigenvalue weighted by Crippen LogP contribution is 1.97. The Labute approximate surface area is 72.3 Å². The molecule has 0 radical (unpaired) electrons. The third-order valence-corrected chi connectivity index (χ3v) is 1.20. The van der Waals surface area contributed by atoms with Crippen molar-refractivity contribution in [1.82, 2.24) is 0 Å². The minimum Gasteiger partial charge on any atom is -0.480 e. The summed E-state index contributed by atoms with van der Waals surface area (Å²) in [6.45, 7) is 0. The summed E-state index contributed by atoms with van der Waals surface area (Å²) in [5.41, 5.74) is 0. The normalized spacial score (nSPS) is 12.8. The van der Waals surface area contributed by atoms with Crippen molar-refractivity contribution in [2.45, 2.75) is 5.38 Å². The molecule has 0 aromatic carbocycles. The van der Waals surface area contributed by atoms with Gasteiger partial charge in [0.15, 0.2) is 0 Å². The molecule has 0 rings (SSSR count). The fraction of sp³-hybridized carbons (Fsp3) is 0.167. The van der Waals surface area contributed by atoms with Crippen molar-refractivity contribution in [1.29, 1.82) is 0 Å². The maximum absolute atomic E-state index is 10.3. The average Bonchev–Trinajstić information content (AvgIpc) is 1.98. The lowest BCUT2D eigenvalue weighted by Crippen LogP contribution is -2.13. The lowest BCUT2D eigenvalue weighted by atomic mass is 10.3. The van der Waals surface area contributed by atoms with Gasteiger partial charge in [-0.15, -0.1) is 11.6 Å². The van der Waals surface area contributed by atoms with Crippen LogP contribution in [0, 0.1) is 0 Å². The van der Waals surface area contributed by atoms with E-state index in [1.807, 2.05) is 0 Å². The number of aliphatic carboxylic acids is 2. The lowest BCUT2D eigenvalue weighted by molar-refractivity contribution is -0.146. The van der Waals surface area contributed by atoms with Gasteiger partial charge >= 0.3 is 11.9 Å². The molecule has 0 aliphatic rings. The fourth-order valence-electron chi connectivity index (χ4n) is 0.325. The predicted molar refractivity (Wildman–Crippen MR) is 39.1 cm³/mol. The largest absolute Gasteiger partial charge is 0.480 e. The molecule has 2 N–H and O–H groups in total. The van der Waals surface area contributed by atoms with Crippen molar-refractivity contribution in [2.24, 2.45) is 0 Å². The Balaban J connectivity index is 4.16. The van der Waals surface area contributed by atoms with E-state index in [0.29, 0.717) is 6.08 Å². The second-order valence-corrected chi connectivity index (χ2v) is 2.24. The molecule has 0 aromatic heterocycles. The summed E-state index contributed by atoms with van der Waals surface area (Å²) in [5, 5.41) is 14.9. The first-order chi connectivity index (χ1) is 5.45. The third kappa shape index (κ3) is 3.72. The molecule has 66 valence electrons. The molecule has 12 heavy (non-hydrogen) atoms. The smallest absolute Gasteiger partial charge is 0.376 e. The topological polar surface area (TPSA) is 91.7 Å². The van der Waals surface area contributed by atoms with Crippen molar-refractivity contribution < 1.29 is 24.6 Å². The number of carboxylic acids is 2. The van der Waals surface area contributed by atoms with Gasteiger partial charge in [0.05, 0.1) is 0 Å². The zero-order valence-corrected chi connectivity index (χ0v) is 6.49. The second-order valence-electron chi connectivity index (χ2n) is 1.77. The van der Waals surface area contributed by atoms with Crippen LogP contribution in [0.4, 0.5) is 0 Å². The molecule has 0 aromatic rings. The van der Waals surface area contributed by atoms with Crippen molar-refractivity contribution in [2.75, 3.05) is 0 Å². The maximum Gasteiger partial charge on any atom is 0.376 e. The van der Waals surface area contributed by atoms with E-state index in [1.54, 1.807) is 0 Å². The molecule has 5 nitrogen and oxygen atoms in total. The number of halogens is 1. The first kappa shape index (κ1) is 10.6. The molecule has 0 fully saturated rings. The monoisotopic (exact) mass is 192 g/mol. The lowest BCUT2D eigenvalue weighted by Gasteiger charge is -1.92. The molecule has 0 spiro atoms. The number of hydrogen-bond donors (Lipinski definition) is 2. The summed E-state index contributed by atoms with van der Waals surface area (Å²) in [4.78, 5) is 30.3. The first-order valence-electron chi connectivity index (χ1n) is 2.77. The molecule has 6 heteroatoms. The zero-order valence-electron chi connectivity index (χ0n) is 5.73. The molecule has 1 unspecified atom stereocenters. The Hall–Kier alpha value is -1.36. The molecule has 0 aliphatic carbocycles. The van der Waals surface area contributed by atoms with Gasteiger partial charge in [-0.1, -0.05) is 6.08 Å². The van der Waals surface area contributed by atoms with Gasteiger partial charge in [0, 0.05) is 0 Å². The number of ketones is 1. The highest BCUT2D eigenvalue weighted by atomic mass is 35.5. The summed E-state index contributed by atoms with van der Waals surface area (Å²) in [7, 11) is 0. The summed E-state index contributed by atoms with van der Waals surface area (Å²) < 4.78 is 0. The van der Waals surface area contributed by atoms with Crippen LogP contribution in [0.25, 0.3) is 0 Å². The predicted octanol–water partition coefficient (Wildman–Crippen LogP) is -0.112. The Bertz CT molecular complexity index is 244. The summed E-state index contributed by atoms with van der Waals surface area (Å²) in [6.07, 6.45) is 1.40. The van der Waals surface area contributed by atoms with Crippen LogP contribution in [0.2, 0.25) is 0 Å². The first-order valence-corrected chi connectivity index (χ1v) is 3.21. The van der Waals surface area contributed by atoms with Gasteiger partial charge in [-0.05, 0) is 6.08 Å². The third-order valence-electron chi connectivity index (χ3n) is 0.863. The van der Waals surface area contributed by atoms with Gasteiger partial charge in [0.1, 0.15) is 5.38 Å².